The molecule has 0 atom stereocenters. The number of benzene rings is 2. The van der Waals surface area contributed by atoms with Crippen molar-refractivity contribution in [1.82, 2.24) is 20.4 Å². The minimum atomic E-state index is -4.81. The number of nitrogens with zero attached hydrogens (tertiary/aromatic N) is 4. The molecule has 2 N–H and O–H groups in total. The number of carbonyl (C=O) groups is 2. The van der Waals surface area contributed by atoms with Crippen LogP contribution in [0.25, 0.3) is 5.69 Å². The van der Waals surface area contributed by atoms with Crippen LogP contribution in [-0.4, -0.2) is 47.1 Å². The minimum Gasteiger partial charge on any atom is -0.371 e. The van der Waals surface area contributed by atoms with Gasteiger partial charge in [0.05, 0.1) is 17.8 Å². The van der Waals surface area contributed by atoms with Crippen LogP contribution in [0.5, 0.6) is 0 Å². The molecule has 3 aromatic rings. The SMILES string of the molecule is CC(=O)CNCc1ccccc1N1CCC(NC(=O)c2cc(C(F)(F)F)nn2-c2ccc(F)c(C#N)c2)CC1. The van der Waals surface area contributed by atoms with E-state index < -0.39 is 23.6 Å². The van der Waals surface area contributed by atoms with Crippen molar-refractivity contribution in [2.75, 3.05) is 24.5 Å². The molecule has 0 spiro atoms. The van der Waals surface area contributed by atoms with Crippen LogP contribution in [0.2, 0.25) is 0 Å². The van der Waals surface area contributed by atoms with Crippen LogP contribution in [0.4, 0.5) is 23.2 Å². The lowest BCUT2D eigenvalue weighted by molar-refractivity contribution is -0.141. The third-order valence-corrected chi connectivity index (χ3v) is 6.40. The number of ketones is 1. The van der Waals surface area contributed by atoms with E-state index in [0.29, 0.717) is 38.5 Å². The van der Waals surface area contributed by atoms with Gasteiger partial charge >= 0.3 is 6.18 Å². The monoisotopic (exact) mass is 542 g/mol. The first-order valence-corrected chi connectivity index (χ1v) is 12.3. The highest BCUT2D eigenvalue weighted by molar-refractivity contribution is 5.93. The summed E-state index contributed by atoms with van der Waals surface area (Å²) in [5.41, 5.74) is -0.0374. The molecule has 204 valence electrons. The van der Waals surface area contributed by atoms with Crippen molar-refractivity contribution >= 4 is 17.4 Å². The van der Waals surface area contributed by atoms with Crippen LogP contribution in [0, 0.1) is 17.1 Å². The maximum Gasteiger partial charge on any atom is 0.435 e. The van der Waals surface area contributed by atoms with Crippen molar-refractivity contribution < 1.29 is 27.2 Å². The lowest BCUT2D eigenvalue weighted by atomic mass is 10.0. The van der Waals surface area contributed by atoms with Crippen LogP contribution in [0.3, 0.4) is 0 Å². The molecule has 0 unspecified atom stereocenters. The minimum absolute atomic E-state index is 0.0395. The molecule has 1 fully saturated rings. The van der Waals surface area contributed by atoms with Gasteiger partial charge in [-0.3, -0.25) is 9.59 Å². The average molecular weight is 543 g/mol. The molecule has 1 aliphatic heterocycles. The number of nitriles is 1. The third kappa shape index (κ3) is 6.61. The first-order valence-electron chi connectivity index (χ1n) is 12.3. The number of hydrogen-bond acceptors (Lipinski definition) is 6. The Morgan fingerprint density at radius 3 is 2.51 bits per heavy atom. The van der Waals surface area contributed by atoms with Crippen LogP contribution in [0.1, 0.15) is 47.1 Å². The summed E-state index contributed by atoms with van der Waals surface area (Å²) in [6, 6.07) is 12.9. The Balaban J connectivity index is 1.48. The Morgan fingerprint density at radius 2 is 1.85 bits per heavy atom. The Morgan fingerprint density at radius 1 is 1.13 bits per heavy atom. The van der Waals surface area contributed by atoms with Gasteiger partial charge in [-0.25, -0.2) is 9.07 Å². The van der Waals surface area contributed by atoms with Crippen molar-refractivity contribution in [3.8, 4) is 11.8 Å². The number of Topliss-reactive ketones (excluding diaryl/α,β-unsaturated/α-hetero) is 1. The Bertz CT molecular complexity index is 1400. The molecule has 39 heavy (non-hydrogen) atoms. The van der Waals surface area contributed by atoms with Gasteiger partial charge in [-0.15, -0.1) is 0 Å². The highest BCUT2D eigenvalue weighted by Gasteiger charge is 2.36. The van der Waals surface area contributed by atoms with Gasteiger partial charge in [0.1, 0.15) is 23.4 Å². The zero-order chi connectivity index (χ0) is 28.2. The van der Waals surface area contributed by atoms with Gasteiger partial charge in [-0.1, -0.05) is 18.2 Å². The van der Waals surface area contributed by atoms with E-state index in [0.717, 1.165) is 34.1 Å². The molecular weight excluding hydrogens is 516 g/mol. The van der Waals surface area contributed by atoms with E-state index in [1.807, 2.05) is 24.3 Å². The van der Waals surface area contributed by atoms with E-state index in [4.69, 9.17) is 5.26 Å². The van der Waals surface area contributed by atoms with Gasteiger partial charge < -0.3 is 15.5 Å². The predicted molar refractivity (Wildman–Crippen MR) is 135 cm³/mol. The second-order valence-electron chi connectivity index (χ2n) is 9.27. The molecule has 0 radical (unpaired) electrons. The van der Waals surface area contributed by atoms with E-state index >= 15 is 0 Å². The quantitative estimate of drug-likeness (QED) is 0.418. The lowest BCUT2D eigenvalue weighted by Gasteiger charge is -2.35. The van der Waals surface area contributed by atoms with E-state index in [2.05, 4.69) is 20.6 Å². The largest absolute Gasteiger partial charge is 0.435 e. The highest BCUT2D eigenvalue weighted by Crippen LogP contribution is 2.30. The summed E-state index contributed by atoms with van der Waals surface area (Å²) in [6.45, 7) is 3.51. The van der Waals surface area contributed by atoms with E-state index in [9.17, 15) is 27.2 Å². The fraction of sp³-hybridized carbons (Fsp3) is 0.333. The summed E-state index contributed by atoms with van der Waals surface area (Å²) in [5, 5.41) is 18.6. The zero-order valence-electron chi connectivity index (χ0n) is 21.1. The Labute approximate surface area is 222 Å². The average Bonchev–Trinajstić information content (AvgIpc) is 3.36. The second kappa shape index (κ2) is 11.7. The zero-order valence-corrected chi connectivity index (χ0v) is 21.1. The number of aromatic nitrogens is 2. The van der Waals surface area contributed by atoms with Crippen molar-refractivity contribution in [2.45, 2.75) is 38.5 Å². The second-order valence-corrected chi connectivity index (χ2v) is 9.27. The fourth-order valence-corrected chi connectivity index (χ4v) is 4.47. The summed E-state index contributed by atoms with van der Waals surface area (Å²) in [6.07, 6.45) is -3.71. The number of alkyl halides is 3. The molecule has 0 saturated carbocycles. The smallest absolute Gasteiger partial charge is 0.371 e. The first-order chi connectivity index (χ1) is 18.6. The number of carbonyl (C=O) groups excluding carboxylic acids is 2. The van der Waals surface area contributed by atoms with Crippen molar-refractivity contribution in [1.29, 1.82) is 5.26 Å². The summed E-state index contributed by atoms with van der Waals surface area (Å²) in [7, 11) is 0. The number of piperidine rings is 1. The molecule has 2 heterocycles. The Hall–Kier alpha value is -4.24. The van der Waals surface area contributed by atoms with E-state index in [1.54, 1.807) is 6.07 Å². The molecule has 1 aromatic heterocycles. The van der Waals surface area contributed by atoms with Gasteiger partial charge in [0, 0.05) is 37.4 Å². The Kier molecular flexibility index (Phi) is 8.30. The molecule has 2 aromatic carbocycles. The van der Waals surface area contributed by atoms with Gasteiger partial charge in [0.2, 0.25) is 0 Å². The van der Waals surface area contributed by atoms with Crippen LogP contribution in [0.15, 0.2) is 48.5 Å². The van der Waals surface area contributed by atoms with Crippen molar-refractivity contribution in [2.24, 2.45) is 0 Å². The maximum absolute atomic E-state index is 13.8. The van der Waals surface area contributed by atoms with E-state index in [1.165, 1.54) is 6.92 Å². The molecule has 4 rings (SSSR count). The summed E-state index contributed by atoms with van der Waals surface area (Å²) in [5.74, 6) is -1.55. The number of halogens is 4. The summed E-state index contributed by atoms with van der Waals surface area (Å²) in [4.78, 5) is 26.5. The van der Waals surface area contributed by atoms with E-state index in [-0.39, 0.29) is 35.3 Å². The summed E-state index contributed by atoms with van der Waals surface area (Å²) >= 11 is 0. The van der Waals surface area contributed by atoms with Crippen molar-refractivity contribution in [3.63, 3.8) is 0 Å². The molecule has 0 bridgehead atoms. The standard InChI is InChI=1S/C27H26F4N6O2/c1-17(38)15-33-16-18-4-2-3-5-23(18)36-10-8-20(9-11-36)34-26(39)24-13-25(27(29,30)31)35-37(24)21-6-7-22(28)19(12-21)14-32/h2-7,12-13,20,33H,8-11,15-16H2,1H3,(H,34,39). The molecule has 1 aliphatic rings. The number of hydrogen-bond donors (Lipinski definition) is 2. The van der Waals surface area contributed by atoms with Crippen LogP contribution in [-0.2, 0) is 17.5 Å². The topological polar surface area (TPSA) is 103 Å². The fourth-order valence-electron chi connectivity index (χ4n) is 4.47. The van der Waals surface area contributed by atoms with Gasteiger partial charge in [-0.05, 0) is 49.6 Å². The molecule has 1 amide bonds. The number of amides is 1. The maximum atomic E-state index is 13.8. The number of para-hydroxylation sites is 1. The molecule has 0 aliphatic carbocycles. The van der Waals surface area contributed by atoms with Crippen LogP contribution < -0.4 is 15.5 Å². The lowest BCUT2D eigenvalue weighted by Crippen LogP contribution is -2.45. The molecule has 1 saturated heterocycles. The molecule has 12 heteroatoms. The number of nitrogens with one attached hydrogen (secondary N) is 2. The third-order valence-electron chi connectivity index (χ3n) is 6.40. The predicted octanol–water partition coefficient (Wildman–Crippen LogP) is 3.98. The number of anilines is 1. The molecule has 8 nitrogen and oxygen atoms in total. The highest BCUT2D eigenvalue weighted by atomic mass is 19.4. The normalized spacial score (nSPS) is 14.2. The van der Waals surface area contributed by atoms with Crippen LogP contribution >= 0.6 is 0 Å². The first kappa shape index (κ1) is 27.8. The van der Waals surface area contributed by atoms with Gasteiger partial charge in [0.15, 0.2) is 5.69 Å². The summed E-state index contributed by atoms with van der Waals surface area (Å²) < 4.78 is 54.9. The van der Waals surface area contributed by atoms with Crippen molar-refractivity contribution in [3.05, 3.63) is 76.9 Å². The number of rotatable bonds is 8. The molecular formula is C27H26F4N6O2. The van der Waals surface area contributed by atoms with Gasteiger partial charge in [0.25, 0.3) is 5.91 Å². The van der Waals surface area contributed by atoms with Gasteiger partial charge in [-0.2, -0.15) is 23.5 Å².